The fourth-order valence-corrected chi connectivity index (χ4v) is 9.49. The lowest BCUT2D eigenvalue weighted by atomic mass is 9.43. The molecule has 4 N–H and O–H groups in total. The van der Waals surface area contributed by atoms with E-state index < -0.39 is 15.9 Å². The number of nitrogens with one attached hydrogen (secondary N) is 1. The molecule has 0 radical (unpaired) electrons. The van der Waals surface area contributed by atoms with Crippen molar-refractivity contribution in [3.63, 3.8) is 0 Å². The van der Waals surface area contributed by atoms with Crippen LogP contribution in [0.4, 0.5) is 0 Å². The zero-order chi connectivity index (χ0) is 24.9. The number of carbonyl (C=O) groups is 1. The minimum absolute atomic E-state index is 0.0756. The van der Waals surface area contributed by atoms with Crippen LogP contribution in [0.1, 0.15) is 85.0 Å². The molecule has 0 unspecified atom stereocenters. The summed E-state index contributed by atoms with van der Waals surface area (Å²) < 4.78 is 30.5. The first-order valence-corrected chi connectivity index (χ1v) is 15.0. The van der Waals surface area contributed by atoms with Gasteiger partial charge in [0, 0.05) is 13.0 Å². The van der Waals surface area contributed by atoms with E-state index in [4.69, 9.17) is 4.55 Å². The van der Waals surface area contributed by atoms with Crippen molar-refractivity contribution in [2.45, 2.75) is 97.2 Å². The van der Waals surface area contributed by atoms with Crippen molar-refractivity contribution in [1.82, 2.24) is 5.32 Å². The summed E-state index contributed by atoms with van der Waals surface area (Å²) in [6, 6.07) is 0. The van der Waals surface area contributed by atoms with Gasteiger partial charge in [0.25, 0.3) is 10.1 Å². The van der Waals surface area contributed by atoms with E-state index in [2.05, 4.69) is 26.1 Å². The van der Waals surface area contributed by atoms with E-state index in [-0.39, 0.29) is 35.5 Å². The normalized spacial score (nSPS) is 45.1. The van der Waals surface area contributed by atoms with Crippen LogP contribution < -0.4 is 5.32 Å². The Kier molecular flexibility index (Phi) is 7.47. The zero-order valence-corrected chi connectivity index (χ0v) is 21.9. The first-order chi connectivity index (χ1) is 15.9. The van der Waals surface area contributed by atoms with Gasteiger partial charge in [0.1, 0.15) is 0 Å². The summed E-state index contributed by atoms with van der Waals surface area (Å²) >= 11 is 0. The predicted octanol–water partition coefficient (Wildman–Crippen LogP) is 3.40. The van der Waals surface area contributed by atoms with Crippen molar-refractivity contribution in [2.75, 3.05) is 12.3 Å². The molecule has 0 saturated heterocycles. The number of amides is 1. The van der Waals surface area contributed by atoms with Crippen molar-refractivity contribution < 1.29 is 28.0 Å². The molecule has 7 nitrogen and oxygen atoms in total. The average molecular weight is 500 g/mol. The van der Waals surface area contributed by atoms with Gasteiger partial charge in [-0.2, -0.15) is 8.42 Å². The lowest BCUT2D eigenvalue weighted by molar-refractivity contribution is -0.174. The second-order valence-corrected chi connectivity index (χ2v) is 14.1. The second-order valence-electron chi connectivity index (χ2n) is 12.5. The van der Waals surface area contributed by atoms with E-state index in [1.54, 1.807) is 0 Å². The summed E-state index contributed by atoms with van der Waals surface area (Å²) in [6.07, 6.45) is 8.93. The maximum atomic E-state index is 12.2. The van der Waals surface area contributed by atoms with E-state index in [1.165, 1.54) is 12.8 Å². The number of rotatable bonds is 7. The Balaban J connectivity index is 1.40. The van der Waals surface area contributed by atoms with Gasteiger partial charge in [-0.3, -0.25) is 9.35 Å². The summed E-state index contributed by atoms with van der Waals surface area (Å²) in [5.41, 5.74) is 0.105. The van der Waals surface area contributed by atoms with Crippen LogP contribution >= 0.6 is 0 Å². The van der Waals surface area contributed by atoms with E-state index in [9.17, 15) is 23.4 Å². The maximum Gasteiger partial charge on any atom is 0.266 e. The van der Waals surface area contributed by atoms with Crippen molar-refractivity contribution in [1.29, 1.82) is 0 Å². The fourth-order valence-electron chi connectivity index (χ4n) is 9.13. The highest BCUT2D eigenvalue weighted by Gasteiger charge is 2.63. The van der Waals surface area contributed by atoms with E-state index in [1.807, 2.05) is 0 Å². The molecule has 4 aliphatic rings. The molecule has 4 aliphatic carbocycles. The molecular formula is C26H45NO6S. The van der Waals surface area contributed by atoms with Gasteiger partial charge in [-0.1, -0.05) is 20.8 Å². The first-order valence-electron chi connectivity index (χ1n) is 13.4. The molecular weight excluding hydrogens is 454 g/mol. The lowest BCUT2D eigenvalue weighted by Crippen LogP contribution is -2.58. The van der Waals surface area contributed by atoms with Gasteiger partial charge < -0.3 is 15.5 Å². The molecule has 4 saturated carbocycles. The third-order valence-electron chi connectivity index (χ3n) is 11.0. The predicted molar refractivity (Wildman–Crippen MR) is 130 cm³/mol. The Bertz CT molecular complexity index is 863. The Hall–Kier alpha value is -0.700. The number of hydrogen-bond acceptors (Lipinski definition) is 5. The quantitative estimate of drug-likeness (QED) is 0.398. The van der Waals surface area contributed by atoms with Crippen LogP contribution in [0.3, 0.4) is 0 Å². The minimum Gasteiger partial charge on any atom is -0.393 e. The van der Waals surface area contributed by atoms with E-state index in [0.717, 1.165) is 38.5 Å². The molecule has 0 heterocycles. The van der Waals surface area contributed by atoms with Crippen molar-refractivity contribution in [3.8, 4) is 0 Å². The van der Waals surface area contributed by atoms with Crippen LogP contribution in [0.2, 0.25) is 0 Å². The van der Waals surface area contributed by atoms with Gasteiger partial charge in [0.2, 0.25) is 5.91 Å². The highest BCUT2D eigenvalue weighted by atomic mass is 32.2. The lowest BCUT2D eigenvalue weighted by Gasteiger charge is -2.62. The molecule has 4 fully saturated rings. The largest absolute Gasteiger partial charge is 0.393 e. The fraction of sp³-hybridized carbons (Fsp3) is 0.962. The molecule has 34 heavy (non-hydrogen) atoms. The van der Waals surface area contributed by atoms with Crippen LogP contribution in [-0.4, -0.2) is 53.6 Å². The number of hydrogen-bond donors (Lipinski definition) is 4. The van der Waals surface area contributed by atoms with Crippen LogP contribution in [0.5, 0.6) is 0 Å². The van der Waals surface area contributed by atoms with Gasteiger partial charge in [-0.25, -0.2) is 0 Å². The number of carbonyl (C=O) groups excluding carboxylic acids is 1. The number of aliphatic hydroxyl groups excluding tert-OH is 2. The van der Waals surface area contributed by atoms with Gasteiger partial charge in [-0.05, 0) is 104 Å². The summed E-state index contributed by atoms with van der Waals surface area (Å²) in [5.74, 6) is 2.28. The summed E-state index contributed by atoms with van der Waals surface area (Å²) in [5, 5.41) is 24.5. The topological polar surface area (TPSA) is 124 Å². The first kappa shape index (κ1) is 26.4. The molecule has 0 spiro atoms. The zero-order valence-electron chi connectivity index (χ0n) is 21.1. The van der Waals surface area contributed by atoms with E-state index >= 15 is 0 Å². The molecule has 0 bridgehead atoms. The SMILES string of the molecule is C[C@@H](CCC(=O)NCCS(=O)(=O)O)[C@@H]1CC[C@@H]2[C@H]3CC[C@H]4C[C@H](O)CC[C@]4(C)[C@@H]3C[C@H](O)[C@@]21C. The molecule has 196 valence electrons. The van der Waals surface area contributed by atoms with Gasteiger partial charge in [-0.15, -0.1) is 0 Å². The van der Waals surface area contributed by atoms with Crippen LogP contribution in [0, 0.1) is 46.3 Å². The van der Waals surface area contributed by atoms with Crippen LogP contribution in [0.15, 0.2) is 0 Å². The van der Waals surface area contributed by atoms with Crippen molar-refractivity contribution in [3.05, 3.63) is 0 Å². The van der Waals surface area contributed by atoms with Gasteiger partial charge in [0.15, 0.2) is 0 Å². The van der Waals surface area contributed by atoms with Crippen LogP contribution in [-0.2, 0) is 14.9 Å². The molecule has 4 rings (SSSR count). The Morgan fingerprint density at radius 1 is 1.06 bits per heavy atom. The molecule has 8 heteroatoms. The summed E-state index contributed by atoms with van der Waals surface area (Å²) in [7, 11) is -4.07. The second kappa shape index (κ2) is 9.64. The summed E-state index contributed by atoms with van der Waals surface area (Å²) in [6.45, 7) is 6.86. The minimum atomic E-state index is -4.07. The standard InChI is InChI=1S/C26H45NO6S/c1-16(4-9-24(30)27-12-13-34(31,32)33)20-7-8-21-19-6-5-17-14-18(28)10-11-25(17,2)22(19)15-23(29)26(20,21)3/h16-23,28-29H,4-15H2,1-3H3,(H,27,30)(H,31,32,33)/t16-,17-,18+,19+,20-,21+,22+,23-,25-,26+/m0/s1. The maximum absolute atomic E-state index is 12.2. The van der Waals surface area contributed by atoms with Crippen molar-refractivity contribution in [2.24, 2.45) is 46.3 Å². The molecule has 0 aromatic rings. The Morgan fingerprint density at radius 3 is 2.50 bits per heavy atom. The van der Waals surface area contributed by atoms with Crippen molar-refractivity contribution >= 4 is 16.0 Å². The molecule has 0 aromatic heterocycles. The third kappa shape index (κ3) is 4.81. The third-order valence-corrected chi connectivity index (χ3v) is 11.7. The molecule has 1 amide bonds. The van der Waals surface area contributed by atoms with Crippen LogP contribution in [0.25, 0.3) is 0 Å². The Labute approximate surface area is 205 Å². The highest BCUT2D eigenvalue weighted by Crippen LogP contribution is 2.68. The monoisotopic (exact) mass is 499 g/mol. The molecule has 0 aromatic carbocycles. The molecule has 10 atom stereocenters. The highest BCUT2D eigenvalue weighted by molar-refractivity contribution is 7.85. The smallest absolute Gasteiger partial charge is 0.266 e. The summed E-state index contributed by atoms with van der Waals surface area (Å²) in [4.78, 5) is 12.2. The van der Waals surface area contributed by atoms with E-state index in [0.29, 0.717) is 48.3 Å². The van der Waals surface area contributed by atoms with Gasteiger partial charge in [0.05, 0.1) is 18.0 Å². The average Bonchev–Trinajstić information content (AvgIpc) is 3.11. The number of fused-ring (bicyclic) bond motifs is 5. The number of aliphatic hydroxyl groups is 2. The molecule has 0 aliphatic heterocycles. The Morgan fingerprint density at radius 2 is 1.79 bits per heavy atom. The van der Waals surface area contributed by atoms with Gasteiger partial charge >= 0.3 is 0 Å².